The summed E-state index contributed by atoms with van der Waals surface area (Å²) in [5.41, 5.74) is 1.79. The Bertz CT molecular complexity index is 908. The van der Waals surface area contributed by atoms with Crippen LogP contribution in [-0.2, 0) is 16.1 Å². The smallest absolute Gasteiger partial charge is 0.311 e. The minimum absolute atomic E-state index is 0.225. The fraction of sp³-hybridized carbons (Fsp3) is 0.440. The van der Waals surface area contributed by atoms with Crippen LogP contribution in [0.1, 0.15) is 42.7 Å². The minimum atomic E-state index is -0.769. The Morgan fingerprint density at radius 1 is 1.00 bits per heavy atom. The molecule has 1 unspecified atom stereocenters. The van der Waals surface area contributed by atoms with Crippen LogP contribution in [0.3, 0.4) is 0 Å². The molecule has 2 fully saturated rings. The Balaban J connectivity index is 1.30. The lowest BCUT2D eigenvalue weighted by atomic mass is 9.77. The number of carbonyl (C=O) groups is 2. The second-order valence-electron chi connectivity index (χ2n) is 8.82. The summed E-state index contributed by atoms with van der Waals surface area (Å²) in [4.78, 5) is 29.3. The van der Waals surface area contributed by atoms with E-state index < -0.39 is 11.9 Å². The lowest BCUT2D eigenvalue weighted by Gasteiger charge is -2.38. The standard InChI is InChI=1S/C25H29BrN2O3/c26-21-8-6-19(7-9-21)18-28-17-13-25(24(28)31)11-15-27(16-12-25)14-10-22(23(29)30)20-4-2-1-3-5-20/h1-9,22H,10-18H2,(H,29,30). The number of carbonyl (C=O) groups excluding carboxylic acids is 1. The highest BCUT2D eigenvalue weighted by Crippen LogP contribution is 2.42. The van der Waals surface area contributed by atoms with Gasteiger partial charge < -0.3 is 14.9 Å². The Kier molecular flexibility index (Phi) is 6.77. The molecule has 2 aromatic carbocycles. The van der Waals surface area contributed by atoms with Crippen molar-refractivity contribution >= 4 is 27.8 Å². The lowest BCUT2D eigenvalue weighted by molar-refractivity contribution is -0.139. The number of carboxylic acid groups (broad SMARTS) is 1. The molecule has 6 heteroatoms. The first-order valence-corrected chi connectivity index (χ1v) is 11.8. The molecule has 0 saturated carbocycles. The molecule has 164 valence electrons. The molecule has 1 amide bonds. The van der Waals surface area contributed by atoms with E-state index in [1.54, 1.807) is 0 Å². The fourth-order valence-electron chi connectivity index (χ4n) is 4.95. The van der Waals surface area contributed by atoms with Gasteiger partial charge in [-0.25, -0.2) is 0 Å². The molecule has 2 aliphatic heterocycles. The van der Waals surface area contributed by atoms with Gasteiger partial charge in [-0.05, 0) is 68.6 Å². The highest BCUT2D eigenvalue weighted by atomic mass is 79.9. The second-order valence-corrected chi connectivity index (χ2v) is 9.73. The summed E-state index contributed by atoms with van der Waals surface area (Å²) in [7, 11) is 0. The van der Waals surface area contributed by atoms with Gasteiger partial charge in [0.25, 0.3) is 0 Å². The van der Waals surface area contributed by atoms with Gasteiger partial charge in [-0.2, -0.15) is 0 Å². The van der Waals surface area contributed by atoms with E-state index in [0.717, 1.165) is 61.0 Å². The third-order valence-corrected chi connectivity index (χ3v) is 7.46. The summed E-state index contributed by atoms with van der Waals surface area (Å²) in [5.74, 6) is -0.955. The van der Waals surface area contributed by atoms with Crippen molar-refractivity contribution in [3.05, 3.63) is 70.2 Å². The van der Waals surface area contributed by atoms with E-state index in [9.17, 15) is 14.7 Å². The predicted octanol–water partition coefficient (Wildman–Crippen LogP) is 4.52. The minimum Gasteiger partial charge on any atom is -0.481 e. The van der Waals surface area contributed by atoms with Crippen LogP contribution in [-0.4, -0.2) is 53.0 Å². The summed E-state index contributed by atoms with van der Waals surface area (Å²) < 4.78 is 1.05. The van der Waals surface area contributed by atoms with Crippen LogP contribution >= 0.6 is 15.9 Å². The molecule has 0 radical (unpaired) electrons. The molecule has 0 aliphatic carbocycles. The van der Waals surface area contributed by atoms with Crippen molar-refractivity contribution in [3.8, 4) is 0 Å². The van der Waals surface area contributed by atoms with Crippen molar-refractivity contribution in [2.75, 3.05) is 26.2 Å². The third-order valence-electron chi connectivity index (χ3n) is 6.94. The van der Waals surface area contributed by atoms with Crippen molar-refractivity contribution in [1.82, 2.24) is 9.80 Å². The molecule has 0 aromatic heterocycles. The maximum atomic E-state index is 13.2. The number of aliphatic carboxylic acids is 1. The van der Waals surface area contributed by atoms with E-state index >= 15 is 0 Å². The average molecular weight is 485 g/mol. The summed E-state index contributed by atoms with van der Waals surface area (Å²) in [5, 5.41) is 9.65. The number of rotatable bonds is 7. The number of amides is 1. The van der Waals surface area contributed by atoms with E-state index in [1.165, 1.54) is 0 Å². The summed E-state index contributed by atoms with van der Waals surface area (Å²) >= 11 is 3.46. The molecule has 1 spiro atoms. The maximum Gasteiger partial charge on any atom is 0.311 e. The zero-order chi connectivity index (χ0) is 21.8. The molecule has 2 aromatic rings. The number of hydrogen-bond acceptors (Lipinski definition) is 3. The number of piperidine rings is 1. The fourth-order valence-corrected chi connectivity index (χ4v) is 5.22. The van der Waals surface area contributed by atoms with Gasteiger partial charge in [0.15, 0.2) is 0 Å². The zero-order valence-electron chi connectivity index (χ0n) is 17.7. The van der Waals surface area contributed by atoms with Gasteiger partial charge in [0, 0.05) is 17.6 Å². The van der Waals surface area contributed by atoms with Gasteiger partial charge in [0.05, 0.1) is 11.3 Å². The van der Waals surface area contributed by atoms with E-state index in [2.05, 4.69) is 33.0 Å². The molecular formula is C25H29BrN2O3. The number of nitrogens with zero attached hydrogens (tertiary/aromatic N) is 2. The molecular weight excluding hydrogens is 456 g/mol. The maximum absolute atomic E-state index is 13.2. The molecule has 5 nitrogen and oxygen atoms in total. The second kappa shape index (κ2) is 9.53. The first-order chi connectivity index (χ1) is 15.0. The monoisotopic (exact) mass is 484 g/mol. The van der Waals surface area contributed by atoms with Gasteiger partial charge in [0.1, 0.15) is 0 Å². The van der Waals surface area contributed by atoms with Gasteiger partial charge in [-0.15, -0.1) is 0 Å². The van der Waals surface area contributed by atoms with E-state index in [4.69, 9.17) is 0 Å². The molecule has 2 heterocycles. The highest BCUT2D eigenvalue weighted by molar-refractivity contribution is 9.10. The number of hydrogen-bond donors (Lipinski definition) is 1. The summed E-state index contributed by atoms with van der Waals surface area (Å²) in [6.45, 7) is 3.97. The van der Waals surface area contributed by atoms with Crippen LogP contribution in [0, 0.1) is 5.41 Å². The van der Waals surface area contributed by atoms with Crippen LogP contribution in [0.4, 0.5) is 0 Å². The quantitative estimate of drug-likeness (QED) is 0.627. The normalized spacial score (nSPS) is 19.6. The highest BCUT2D eigenvalue weighted by Gasteiger charge is 2.47. The molecule has 0 bridgehead atoms. The number of likely N-dealkylation sites (tertiary alicyclic amines) is 2. The number of halogens is 1. The molecule has 1 N–H and O–H groups in total. The summed E-state index contributed by atoms with van der Waals surface area (Å²) in [6.07, 6.45) is 3.26. The molecule has 31 heavy (non-hydrogen) atoms. The van der Waals surface area contributed by atoms with E-state index in [0.29, 0.717) is 18.9 Å². The van der Waals surface area contributed by atoms with Crippen LogP contribution in [0.25, 0.3) is 0 Å². The Hall–Kier alpha value is -2.18. The Labute approximate surface area is 192 Å². The first-order valence-electron chi connectivity index (χ1n) is 11.0. The van der Waals surface area contributed by atoms with Crippen LogP contribution in [0.15, 0.2) is 59.1 Å². The van der Waals surface area contributed by atoms with E-state index in [1.807, 2.05) is 47.4 Å². The van der Waals surface area contributed by atoms with Crippen molar-refractivity contribution < 1.29 is 14.7 Å². The zero-order valence-corrected chi connectivity index (χ0v) is 19.3. The van der Waals surface area contributed by atoms with Crippen LogP contribution in [0.5, 0.6) is 0 Å². The Morgan fingerprint density at radius 3 is 2.29 bits per heavy atom. The van der Waals surface area contributed by atoms with Crippen molar-refractivity contribution in [3.63, 3.8) is 0 Å². The van der Waals surface area contributed by atoms with Gasteiger partial charge in [-0.1, -0.05) is 58.4 Å². The molecule has 4 rings (SSSR count). The number of benzene rings is 2. The van der Waals surface area contributed by atoms with Crippen molar-refractivity contribution in [2.45, 2.75) is 38.1 Å². The Morgan fingerprint density at radius 2 is 1.65 bits per heavy atom. The predicted molar refractivity (Wildman–Crippen MR) is 124 cm³/mol. The van der Waals surface area contributed by atoms with Gasteiger partial charge >= 0.3 is 5.97 Å². The summed E-state index contributed by atoms with van der Waals surface area (Å²) in [6, 6.07) is 17.6. The van der Waals surface area contributed by atoms with Gasteiger partial charge in [-0.3, -0.25) is 9.59 Å². The molecule has 1 atom stereocenters. The SMILES string of the molecule is O=C(O)C(CCN1CCC2(CC1)CCN(Cc1ccc(Br)cc1)C2=O)c1ccccc1. The first kappa shape index (κ1) is 22.0. The van der Waals surface area contributed by atoms with Crippen LogP contribution in [0.2, 0.25) is 0 Å². The topological polar surface area (TPSA) is 60.9 Å². The lowest BCUT2D eigenvalue weighted by Crippen LogP contribution is -2.45. The number of carboxylic acids is 1. The van der Waals surface area contributed by atoms with Gasteiger partial charge in [0.2, 0.25) is 5.91 Å². The third kappa shape index (κ3) is 5.01. The van der Waals surface area contributed by atoms with Crippen molar-refractivity contribution in [1.29, 1.82) is 0 Å². The average Bonchev–Trinajstić information content (AvgIpc) is 3.07. The largest absolute Gasteiger partial charge is 0.481 e. The van der Waals surface area contributed by atoms with Crippen LogP contribution < -0.4 is 0 Å². The molecule has 2 aliphatic rings. The van der Waals surface area contributed by atoms with Crippen molar-refractivity contribution in [2.24, 2.45) is 5.41 Å². The van der Waals surface area contributed by atoms with E-state index in [-0.39, 0.29) is 5.41 Å². The molecule has 2 saturated heterocycles.